The standard InChI is InChI=1S/C17H16N6O/c1-12-4-3-5-15(10-12)17(24)20-19-13(2)14-6-8-16(9-7-14)23-11-18-21-22-23/h3-11H,1-2H3,(H,20,24)/b19-13-. The first-order valence-corrected chi connectivity index (χ1v) is 7.38. The predicted octanol–water partition coefficient (Wildman–Crippen LogP) is 2.12. The van der Waals surface area contributed by atoms with Crippen molar-refractivity contribution in [1.29, 1.82) is 0 Å². The second kappa shape index (κ2) is 6.82. The number of nitrogens with one attached hydrogen (secondary N) is 1. The Hall–Kier alpha value is -3.35. The predicted molar refractivity (Wildman–Crippen MR) is 90.0 cm³/mol. The number of carbonyl (C=O) groups is 1. The van der Waals surface area contributed by atoms with Gasteiger partial charge in [0.05, 0.1) is 11.4 Å². The molecule has 0 fully saturated rings. The molecule has 24 heavy (non-hydrogen) atoms. The molecular weight excluding hydrogens is 304 g/mol. The number of hydrogen-bond donors (Lipinski definition) is 1. The highest BCUT2D eigenvalue weighted by atomic mass is 16.2. The molecule has 3 rings (SSSR count). The molecule has 7 nitrogen and oxygen atoms in total. The molecule has 0 aliphatic heterocycles. The number of hydrazone groups is 1. The first kappa shape index (κ1) is 15.5. The third-order valence-electron chi connectivity index (χ3n) is 3.50. The molecule has 0 aliphatic rings. The SMILES string of the molecule is C/C(=N/NC(=O)c1cccc(C)c1)c1ccc(-n2cnnn2)cc1. The highest BCUT2D eigenvalue weighted by Gasteiger charge is 2.05. The number of aryl methyl sites for hydroxylation is 1. The minimum Gasteiger partial charge on any atom is -0.267 e. The van der Waals surface area contributed by atoms with Gasteiger partial charge in [0.1, 0.15) is 6.33 Å². The minimum absolute atomic E-state index is 0.233. The molecule has 1 heterocycles. The van der Waals surface area contributed by atoms with Gasteiger partial charge in [-0.05, 0) is 54.1 Å². The summed E-state index contributed by atoms with van der Waals surface area (Å²) in [6, 6.07) is 14.9. The number of amides is 1. The molecule has 0 unspecified atom stereocenters. The van der Waals surface area contributed by atoms with Gasteiger partial charge in [0, 0.05) is 5.56 Å². The lowest BCUT2D eigenvalue weighted by atomic mass is 10.1. The first-order valence-electron chi connectivity index (χ1n) is 7.38. The van der Waals surface area contributed by atoms with Gasteiger partial charge in [0.2, 0.25) is 0 Å². The van der Waals surface area contributed by atoms with Crippen molar-refractivity contribution in [2.24, 2.45) is 5.10 Å². The van der Waals surface area contributed by atoms with Crippen molar-refractivity contribution in [2.75, 3.05) is 0 Å². The Balaban J connectivity index is 1.70. The van der Waals surface area contributed by atoms with Crippen LogP contribution in [-0.4, -0.2) is 31.8 Å². The maximum atomic E-state index is 12.1. The van der Waals surface area contributed by atoms with Gasteiger partial charge in [-0.2, -0.15) is 5.10 Å². The Bertz CT molecular complexity index is 868. The number of aromatic nitrogens is 4. The van der Waals surface area contributed by atoms with Crippen LogP contribution in [-0.2, 0) is 0 Å². The number of nitrogens with zero attached hydrogens (tertiary/aromatic N) is 5. The zero-order chi connectivity index (χ0) is 16.9. The summed E-state index contributed by atoms with van der Waals surface area (Å²) in [4.78, 5) is 12.1. The molecule has 0 saturated carbocycles. The lowest BCUT2D eigenvalue weighted by Gasteiger charge is -2.05. The molecule has 2 aromatic carbocycles. The van der Waals surface area contributed by atoms with E-state index in [1.807, 2.05) is 56.3 Å². The van der Waals surface area contributed by atoms with Crippen LogP contribution < -0.4 is 5.43 Å². The van der Waals surface area contributed by atoms with Crippen LogP contribution in [0.4, 0.5) is 0 Å². The second-order valence-corrected chi connectivity index (χ2v) is 5.31. The Morgan fingerprint density at radius 3 is 2.58 bits per heavy atom. The summed E-state index contributed by atoms with van der Waals surface area (Å²) in [5.41, 5.74) is 6.65. The van der Waals surface area contributed by atoms with E-state index in [0.29, 0.717) is 11.3 Å². The van der Waals surface area contributed by atoms with Crippen LogP contribution in [0.2, 0.25) is 0 Å². The molecule has 0 bridgehead atoms. The molecule has 0 radical (unpaired) electrons. The molecule has 0 atom stereocenters. The Morgan fingerprint density at radius 2 is 1.92 bits per heavy atom. The smallest absolute Gasteiger partial charge is 0.267 e. The van der Waals surface area contributed by atoms with E-state index in [4.69, 9.17) is 0 Å². The van der Waals surface area contributed by atoms with Crippen molar-refractivity contribution in [3.05, 3.63) is 71.5 Å². The Kier molecular flexibility index (Phi) is 4.42. The lowest BCUT2D eigenvalue weighted by molar-refractivity contribution is 0.0954. The fourth-order valence-electron chi connectivity index (χ4n) is 2.18. The van der Waals surface area contributed by atoms with Crippen molar-refractivity contribution in [1.82, 2.24) is 25.6 Å². The number of tetrazole rings is 1. The molecule has 3 aromatic rings. The summed E-state index contributed by atoms with van der Waals surface area (Å²) in [6.07, 6.45) is 1.53. The van der Waals surface area contributed by atoms with E-state index in [-0.39, 0.29) is 5.91 Å². The van der Waals surface area contributed by atoms with Crippen LogP contribution in [0.1, 0.15) is 28.4 Å². The van der Waals surface area contributed by atoms with E-state index in [9.17, 15) is 4.79 Å². The summed E-state index contributed by atoms with van der Waals surface area (Å²) < 4.78 is 1.57. The second-order valence-electron chi connectivity index (χ2n) is 5.31. The highest BCUT2D eigenvalue weighted by molar-refractivity contribution is 6.01. The van der Waals surface area contributed by atoms with Crippen molar-refractivity contribution in [3.63, 3.8) is 0 Å². The van der Waals surface area contributed by atoms with Gasteiger partial charge in [-0.25, -0.2) is 10.1 Å². The number of benzene rings is 2. The molecule has 0 spiro atoms. The van der Waals surface area contributed by atoms with Crippen molar-refractivity contribution >= 4 is 11.6 Å². The topological polar surface area (TPSA) is 85.1 Å². The number of hydrogen-bond acceptors (Lipinski definition) is 5. The van der Waals surface area contributed by atoms with Gasteiger partial charge in [-0.15, -0.1) is 5.10 Å². The van der Waals surface area contributed by atoms with Crippen LogP contribution >= 0.6 is 0 Å². The summed E-state index contributed by atoms with van der Waals surface area (Å²) in [7, 11) is 0. The summed E-state index contributed by atoms with van der Waals surface area (Å²) in [5.74, 6) is -0.233. The zero-order valence-corrected chi connectivity index (χ0v) is 13.3. The first-order chi connectivity index (χ1) is 11.6. The average molecular weight is 320 g/mol. The summed E-state index contributed by atoms with van der Waals surface area (Å²) >= 11 is 0. The Labute approximate surface area is 139 Å². The normalized spacial score (nSPS) is 11.3. The van der Waals surface area contributed by atoms with Crippen LogP contribution in [0, 0.1) is 6.92 Å². The van der Waals surface area contributed by atoms with E-state index in [0.717, 1.165) is 16.8 Å². The van der Waals surface area contributed by atoms with Crippen molar-refractivity contribution < 1.29 is 4.79 Å². The van der Waals surface area contributed by atoms with Crippen molar-refractivity contribution in [2.45, 2.75) is 13.8 Å². The van der Waals surface area contributed by atoms with E-state index in [2.05, 4.69) is 26.1 Å². The molecule has 0 aliphatic carbocycles. The van der Waals surface area contributed by atoms with Crippen LogP contribution in [0.15, 0.2) is 60.0 Å². The Morgan fingerprint density at radius 1 is 1.12 bits per heavy atom. The van der Waals surface area contributed by atoms with Crippen LogP contribution in [0.3, 0.4) is 0 Å². The lowest BCUT2D eigenvalue weighted by Crippen LogP contribution is -2.19. The molecule has 1 N–H and O–H groups in total. The number of carbonyl (C=O) groups excluding carboxylic acids is 1. The molecule has 1 amide bonds. The van der Waals surface area contributed by atoms with Crippen LogP contribution in [0.25, 0.3) is 5.69 Å². The summed E-state index contributed by atoms with van der Waals surface area (Å²) in [6.45, 7) is 3.78. The maximum Gasteiger partial charge on any atom is 0.271 e. The molecule has 1 aromatic heterocycles. The largest absolute Gasteiger partial charge is 0.271 e. The zero-order valence-electron chi connectivity index (χ0n) is 13.3. The van der Waals surface area contributed by atoms with Gasteiger partial charge < -0.3 is 0 Å². The van der Waals surface area contributed by atoms with Crippen LogP contribution in [0.5, 0.6) is 0 Å². The number of rotatable bonds is 4. The average Bonchev–Trinajstić information content (AvgIpc) is 3.14. The van der Waals surface area contributed by atoms with Gasteiger partial charge in [-0.1, -0.05) is 29.8 Å². The fourth-order valence-corrected chi connectivity index (χ4v) is 2.18. The van der Waals surface area contributed by atoms with E-state index >= 15 is 0 Å². The highest BCUT2D eigenvalue weighted by Crippen LogP contribution is 2.09. The van der Waals surface area contributed by atoms with E-state index in [1.54, 1.807) is 10.7 Å². The molecule has 0 saturated heterocycles. The van der Waals surface area contributed by atoms with Gasteiger partial charge in [-0.3, -0.25) is 4.79 Å². The quantitative estimate of drug-likeness (QED) is 0.589. The van der Waals surface area contributed by atoms with E-state index < -0.39 is 0 Å². The molecule has 7 heteroatoms. The van der Waals surface area contributed by atoms with E-state index in [1.165, 1.54) is 6.33 Å². The van der Waals surface area contributed by atoms with Gasteiger partial charge >= 0.3 is 0 Å². The monoisotopic (exact) mass is 320 g/mol. The fraction of sp³-hybridized carbons (Fsp3) is 0.118. The van der Waals surface area contributed by atoms with Gasteiger partial charge in [0.15, 0.2) is 0 Å². The third kappa shape index (κ3) is 3.52. The molecule has 120 valence electrons. The van der Waals surface area contributed by atoms with Gasteiger partial charge in [0.25, 0.3) is 5.91 Å². The molecular formula is C17H16N6O. The maximum absolute atomic E-state index is 12.1. The van der Waals surface area contributed by atoms with Crippen molar-refractivity contribution in [3.8, 4) is 5.69 Å². The third-order valence-corrected chi connectivity index (χ3v) is 3.50. The summed E-state index contributed by atoms with van der Waals surface area (Å²) in [5, 5.41) is 15.2. The minimum atomic E-state index is -0.233.